The molecule has 0 saturated heterocycles. The zero-order valence-corrected chi connectivity index (χ0v) is 10.6. The van der Waals surface area contributed by atoms with Crippen molar-refractivity contribution < 1.29 is 9.31 Å². The molecule has 0 radical (unpaired) electrons. The van der Waals surface area contributed by atoms with Crippen LogP contribution in [0.15, 0.2) is 33.0 Å². The zero-order chi connectivity index (χ0) is 14.0. The summed E-state index contributed by atoms with van der Waals surface area (Å²) in [6, 6.07) is 3.21. The van der Waals surface area contributed by atoms with E-state index in [-0.39, 0.29) is 11.4 Å². The molecule has 9 heteroatoms. The van der Waals surface area contributed by atoms with Crippen LogP contribution in [-0.4, -0.2) is 19.7 Å². The van der Waals surface area contributed by atoms with Crippen LogP contribution >= 0.6 is 11.8 Å². The number of hydrogen-bond donors (Lipinski definition) is 1. The molecule has 0 spiro atoms. The predicted octanol–water partition coefficient (Wildman–Crippen LogP) is 1.79. The molecule has 0 aliphatic carbocycles. The van der Waals surface area contributed by atoms with Crippen molar-refractivity contribution in [3.05, 3.63) is 44.6 Å². The van der Waals surface area contributed by atoms with Crippen molar-refractivity contribution in [3.63, 3.8) is 0 Å². The second-order valence-electron chi connectivity index (χ2n) is 3.56. The standard InChI is InChI=1S/C10H9FN4O3S/c1-2-14-9(16)12-13-10(14)19-8-4-6(11)3-7(5-8)15(17)18/h3-5H,2H2,1H3,(H,12,16). The lowest BCUT2D eigenvalue weighted by molar-refractivity contribution is -0.385. The Labute approximate surface area is 110 Å². The summed E-state index contributed by atoms with van der Waals surface area (Å²) >= 11 is 0.982. The molecule has 1 aromatic carbocycles. The van der Waals surface area contributed by atoms with E-state index in [9.17, 15) is 19.3 Å². The lowest BCUT2D eigenvalue weighted by atomic mass is 10.3. The molecule has 1 heterocycles. The van der Waals surface area contributed by atoms with Gasteiger partial charge >= 0.3 is 5.69 Å². The van der Waals surface area contributed by atoms with E-state index in [0.29, 0.717) is 16.6 Å². The van der Waals surface area contributed by atoms with Gasteiger partial charge in [-0.2, -0.15) is 0 Å². The monoisotopic (exact) mass is 284 g/mol. The van der Waals surface area contributed by atoms with E-state index in [1.165, 1.54) is 10.6 Å². The van der Waals surface area contributed by atoms with E-state index in [1.807, 2.05) is 0 Å². The van der Waals surface area contributed by atoms with Crippen LogP contribution in [0.4, 0.5) is 10.1 Å². The Morgan fingerprint density at radius 1 is 1.53 bits per heavy atom. The Balaban J connectivity index is 2.38. The first-order valence-corrected chi connectivity index (χ1v) is 6.11. The summed E-state index contributed by atoms with van der Waals surface area (Å²) in [7, 11) is 0. The van der Waals surface area contributed by atoms with Gasteiger partial charge in [0.15, 0.2) is 5.16 Å². The summed E-state index contributed by atoms with van der Waals surface area (Å²) in [4.78, 5) is 21.6. The lowest BCUT2D eigenvalue weighted by Crippen LogP contribution is -2.15. The van der Waals surface area contributed by atoms with E-state index < -0.39 is 10.7 Å². The molecule has 7 nitrogen and oxygen atoms in total. The van der Waals surface area contributed by atoms with Gasteiger partial charge in [0, 0.05) is 17.5 Å². The normalized spacial score (nSPS) is 10.6. The average molecular weight is 284 g/mol. The molecular weight excluding hydrogens is 275 g/mol. The molecule has 1 N–H and O–H groups in total. The average Bonchev–Trinajstić information content (AvgIpc) is 2.69. The highest BCUT2D eigenvalue weighted by atomic mass is 32.2. The van der Waals surface area contributed by atoms with E-state index >= 15 is 0 Å². The maximum Gasteiger partial charge on any atom is 0.343 e. The van der Waals surface area contributed by atoms with Gasteiger partial charge in [-0.25, -0.2) is 14.3 Å². The van der Waals surface area contributed by atoms with E-state index in [2.05, 4.69) is 10.2 Å². The number of aromatic nitrogens is 3. The van der Waals surface area contributed by atoms with Crippen molar-refractivity contribution in [2.24, 2.45) is 0 Å². The second kappa shape index (κ2) is 5.22. The number of nitrogens with one attached hydrogen (secondary N) is 1. The van der Waals surface area contributed by atoms with E-state index in [4.69, 9.17) is 0 Å². The Hall–Kier alpha value is -2.16. The van der Waals surface area contributed by atoms with Crippen LogP contribution in [0.5, 0.6) is 0 Å². The fourth-order valence-corrected chi connectivity index (χ4v) is 2.45. The van der Waals surface area contributed by atoms with Crippen LogP contribution in [0.3, 0.4) is 0 Å². The molecule has 0 unspecified atom stereocenters. The van der Waals surface area contributed by atoms with Crippen molar-refractivity contribution in [2.45, 2.75) is 23.5 Å². The smallest absolute Gasteiger partial charge is 0.270 e. The Kier molecular flexibility index (Phi) is 3.65. The van der Waals surface area contributed by atoms with E-state index in [1.54, 1.807) is 6.92 Å². The van der Waals surface area contributed by atoms with Crippen LogP contribution < -0.4 is 5.69 Å². The summed E-state index contributed by atoms with van der Waals surface area (Å²) in [6.45, 7) is 2.16. The number of H-pyrrole nitrogens is 1. The summed E-state index contributed by atoms with van der Waals surface area (Å²) in [5.41, 5.74) is -0.723. The van der Waals surface area contributed by atoms with Gasteiger partial charge in [0.05, 0.1) is 11.0 Å². The second-order valence-corrected chi connectivity index (χ2v) is 4.60. The number of nitrogens with zero attached hydrogens (tertiary/aromatic N) is 3. The van der Waals surface area contributed by atoms with Gasteiger partial charge in [-0.05, 0) is 24.8 Å². The lowest BCUT2D eigenvalue weighted by Gasteiger charge is -2.02. The molecule has 100 valence electrons. The molecule has 0 aliphatic heterocycles. The van der Waals surface area contributed by atoms with E-state index in [0.717, 1.165) is 23.9 Å². The zero-order valence-electron chi connectivity index (χ0n) is 9.79. The molecule has 1 aromatic heterocycles. The minimum atomic E-state index is -0.711. The number of halogens is 1. The molecule has 0 saturated carbocycles. The van der Waals surface area contributed by atoms with Crippen LogP contribution in [-0.2, 0) is 6.54 Å². The van der Waals surface area contributed by atoms with Crippen molar-refractivity contribution in [3.8, 4) is 0 Å². The topological polar surface area (TPSA) is 93.8 Å². The molecule has 19 heavy (non-hydrogen) atoms. The van der Waals surface area contributed by atoms with Crippen LogP contribution in [0.25, 0.3) is 0 Å². The highest BCUT2D eigenvalue weighted by Crippen LogP contribution is 2.29. The predicted molar refractivity (Wildman–Crippen MR) is 65.7 cm³/mol. The van der Waals surface area contributed by atoms with Gasteiger partial charge in [-0.3, -0.25) is 14.7 Å². The number of hydrogen-bond acceptors (Lipinski definition) is 5. The summed E-state index contributed by atoms with van der Waals surface area (Å²) in [5, 5.41) is 17.0. The Morgan fingerprint density at radius 3 is 2.89 bits per heavy atom. The third-order valence-electron chi connectivity index (χ3n) is 2.32. The van der Waals surface area contributed by atoms with Gasteiger partial charge in [0.25, 0.3) is 5.69 Å². The first-order valence-electron chi connectivity index (χ1n) is 5.29. The quantitative estimate of drug-likeness (QED) is 0.682. The van der Waals surface area contributed by atoms with Crippen LogP contribution in [0, 0.1) is 15.9 Å². The van der Waals surface area contributed by atoms with Crippen molar-refractivity contribution in [1.82, 2.24) is 14.8 Å². The van der Waals surface area contributed by atoms with Gasteiger partial charge in [0.1, 0.15) is 5.82 Å². The van der Waals surface area contributed by atoms with Gasteiger partial charge in [-0.1, -0.05) is 0 Å². The summed E-state index contributed by atoms with van der Waals surface area (Å²) in [5.74, 6) is -0.711. The maximum absolute atomic E-state index is 13.3. The number of non-ortho nitro benzene ring substituents is 1. The molecular formula is C10H9FN4O3S. The highest BCUT2D eigenvalue weighted by molar-refractivity contribution is 7.99. The molecule has 0 bridgehead atoms. The number of aromatic amines is 1. The van der Waals surface area contributed by atoms with Gasteiger partial charge in [0.2, 0.25) is 0 Å². The Bertz CT molecular complexity index is 682. The Morgan fingerprint density at radius 2 is 2.26 bits per heavy atom. The van der Waals surface area contributed by atoms with Crippen LogP contribution in [0.2, 0.25) is 0 Å². The number of benzene rings is 1. The van der Waals surface area contributed by atoms with Crippen molar-refractivity contribution >= 4 is 17.4 Å². The van der Waals surface area contributed by atoms with Gasteiger partial charge < -0.3 is 0 Å². The maximum atomic E-state index is 13.3. The van der Waals surface area contributed by atoms with Crippen molar-refractivity contribution in [2.75, 3.05) is 0 Å². The molecule has 0 aliphatic rings. The third kappa shape index (κ3) is 2.81. The largest absolute Gasteiger partial charge is 0.343 e. The number of rotatable bonds is 4. The molecule has 0 atom stereocenters. The summed E-state index contributed by atoms with van der Waals surface area (Å²) < 4.78 is 14.6. The first-order chi connectivity index (χ1) is 9.01. The first kappa shape index (κ1) is 13.3. The molecule has 2 aromatic rings. The molecule has 2 rings (SSSR count). The van der Waals surface area contributed by atoms with Crippen LogP contribution in [0.1, 0.15) is 6.92 Å². The number of nitro benzene ring substituents is 1. The number of nitro groups is 1. The minimum Gasteiger partial charge on any atom is -0.270 e. The minimum absolute atomic E-state index is 0.306. The highest BCUT2D eigenvalue weighted by Gasteiger charge is 2.13. The molecule has 0 fully saturated rings. The SMILES string of the molecule is CCn1c(Sc2cc(F)cc([N+](=O)[O-])c2)n[nH]c1=O. The fraction of sp³-hybridized carbons (Fsp3) is 0.200. The third-order valence-corrected chi connectivity index (χ3v) is 3.28. The van der Waals surface area contributed by atoms with Crippen molar-refractivity contribution in [1.29, 1.82) is 0 Å². The molecule has 0 amide bonds. The van der Waals surface area contributed by atoms with Gasteiger partial charge in [-0.15, -0.1) is 5.10 Å². The summed E-state index contributed by atoms with van der Waals surface area (Å²) in [6.07, 6.45) is 0. The fourth-order valence-electron chi connectivity index (χ4n) is 1.48.